The van der Waals surface area contributed by atoms with Gasteiger partial charge in [0.05, 0.1) is 17.0 Å². The molecule has 8 heteroatoms. The van der Waals surface area contributed by atoms with Gasteiger partial charge in [0.2, 0.25) is 5.91 Å². The molecular weight excluding hydrogens is 438 g/mol. The smallest absolute Gasteiger partial charge is 0.236 e. The lowest BCUT2D eigenvalue weighted by Crippen LogP contribution is -2.29. The maximum atomic E-state index is 12.6. The summed E-state index contributed by atoms with van der Waals surface area (Å²) in [4.78, 5) is 25.3. The Hall–Kier alpha value is -2.73. The fraction of sp³-hybridized carbons (Fsp3) is 0.333. The summed E-state index contributed by atoms with van der Waals surface area (Å²) in [6.07, 6.45) is 0.890. The molecule has 164 valence electrons. The van der Waals surface area contributed by atoms with Crippen LogP contribution in [0.15, 0.2) is 35.4 Å². The quantitative estimate of drug-likeness (QED) is 0.537. The second-order valence-corrected chi connectivity index (χ2v) is 9.96. The minimum Gasteiger partial charge on any atom is -0.301 e. The number of nitrogens with one attached hydrogen (secondary N) is 1. The van der Waals surface area contributed by atoms with Gasteiger partial charge in [-0.1, -0.05) is 42.1 Å². The molecule has 1 aliphatic rings. The van der Waals surface area contributed by atoms with Crippen LogP contribution >= 0.6 is 23.1 Å². The molecule has 0 saturated carbocycles. The number of anilines is 1. The Kier molecular flexibility index (Phi) is 6.89. The molecule has 6 nitrogen and oxygen atoms in total. The van der Waals surface area contributed by atoms with Crippen LogP contribution in [0.2, 0.25) is 0 Å². The summed E-state index contributed by atoms with van der Waals surface area (Å²) in [6, 6.07) is 12.7. The molecule has 1 N–H and O–H groups in total. The van der Waals surface area contributed by atoms with Gasteiger partial charge in [0, 0.05) is 36.6 Å². The van der Waals surface area contributed by atoms with E-state index in [1.807, 2.05) is 26.8 Å². The average Bonchev–Trinajstić information content (AvgIpc) is 3.18. The van der Waals surface area contributed by atoms with Crippen LogP contribution in [0.4, 0.5) is 5.13 Å². The Morgan fingerprint density at radius 3 is 2.75 bits per heavy atom. The summed E-state index contributed by atoms with van der Waals surface area (Å²) in [6.45, 7) is 8.54. The van der Waals surface area contributed by atoms with Crippen molar-refractivity contribution < 1.29 is 4.79 Å². The van der Waals surface area contributed by atoms with E-state index >= 15 is 0 Å². The van der Waals surface area contributed by atoms with Crippen molar-refractivity contribution in [2.45, 2.75) is 45.3 Å². The fourth-order valence-electron chi connectivity index (χ4n) is 3.72. The molecule has 0 spiro atoms. The molecule has 0 aliphatic carbocycles. The molecule has 1 amide bonds. The highest BCUT2D eigenvalue weighted by atomic mass is 32.2. The lowest BCUT2D eigenvalue weighted by atomic mass is 10.1. The highest BCUT2D eigenvalue weighted by Crippen LogP contribution is 2.30. The van der Waals surface area contributed by atoms with Gasteiger partial charge in [-0.3, -0.25) is 9.69 Å². The van der Waals surface area contributed by atoms with Crippen LogP contribution in [0, 0.1) is 32.1 Å². The fourth-order valence-corrected chi connectivity index (χ4v) is 5.67. The lowest BCUT2D eigenvalue weighted by molar-refractivity contribution is -0.113. The third kappa shape index (κ3) is 5.01. The Balaban J connectivity index is 1.36. The molecule has 0 fully saturated rings. The molecule has 0 atom stereocenters. The number of nitriles is 1. The van der Waals surface area contributed by atoms with Crippen molar-refractivity contribution >= 4 is 34.1 Å². The molecule has 1 aromatic carbocycles. The topological polar surface area (TPSA) is 81.9 Å². The molecule has 0 saturated heterocycles. The van der Waals surface area contributed by atoms with Crippen LogP contribution < -0.4 is 5.32 Å². The Labute approximate surface area is 196 Å². The van der Waals surface area contributed by atoms with Crippen molar-refractivity contribution in [1.29, 1.82) is 5.26 Å². The van der Waals surface area contributed by atoms with E-state index in [1.54, 1.807) is 11.3 Å². The van der Waals surface area contributed by atoms with Crippen LogP contribution in [0.1, 0.15) is 38.5 Å². The van der Waals surface area contributed by atoms with Gasteiger partial charge >= 0.3 is 0 Å². The number of thiazole rings is 1. The Morgan fingerprint density at radius 2 is 2.00 bits per heavy atom. The van der Waals surface area contributed by atoms with Gasteiger partial charge in [-0.15, -0.1) is 11.3 Å². The van der Waals surface area contributed by atoms with Gasteiger partial charge in [0.25, 0.3) is 0 Å². The van der Waals surface area contributed by atoms with Crippen molar-refractivity contribution in [2.75, 3.05) is 17.6 Å². The number of nitrogens with zero attached hydrogens (tertiary/aromatic N) is 4. The van der Waals surface area contributed by atoms with Crippen LogP contribution in [0.3, 0.4) is 0 Å². The monoisotopic (exact) mass is 463 g/mol. The van der Waals surface area contributed by atoms with E-state index in [1.165, 1.54) is 22.2 Å². The summed E-state index contributed by atoms with van der Waals surface area (Å²) in [7, 11) is 0. The summed E-state index contributed by atoms with van der Waals surface area (Å²) in [5.41, 5.74) is 5.77. The molecule has 0 bridgehead atoms. The molecule has 0 radical (unpaired) electrons. The van der Waals surface area contributed by atoms with E-state index in [9.17, 15) is 10.1 Å². The number of carbonyl (C=O) groups is 1. The summed E-state index contributed by atoms with van der Waals surface area (Å²) in [5, 5.41) is 13.7. The minimum atomic E-state index is -0.135. The van der Waals surface area contributed by atoms with Gasteiger partial charge in [-0.05, 0) is 37.5 Å². The third-order valence-corrected chi connectivity index (χ3v) is 7.69. The van der Waals surface area contributed by atoms with Crippen molar-refractivity contribution in [3.63, 3.8) is 0 Å². The number of carbonyl (C=O) groups excluding carboxylic acids is 1. The number of pyridine rings is 1. The minimum absolute atomic E-state index is 0.135. The molecule has 1 aliphatic heterocycles. The zero-order valence-corrected chi connectivity index (χ0v) is 20.1. The van der Waals surface area contributed by atoms with Gasteiger partial charge in [-0.25, -0.2) is 9.97 Å². The molecule has 3 heterocycles. The second-order valence-electron chi connectivity index (χ2n) is 7.91. The van der Waals surface area contributed by atoms with E-state index < -0.39 is 0 Å². The Morgan fingerprint density at radius 1 is 1.22 bits per heavy atom. The van der Waals surface area contributed by atoms with Crippen LogP contribution in [0.25, 0.3) is 0 Å². The maximum Gasteiger partial charge on any atom is 0.236 e. The molecule has 0 unspecified atom stereocenters. The number of benzene rings is 1. The first-order chi connectivity index (χ1) is 15.4. The summed E-state index contributed by atoms with van der Waals surface area (Å²) < 4.78 is 0. The van der Waals surface area contributed by atoms with E-state index in [4.69, 9.17) is 0 Å². The summed E-state index contributed by atoms with van der Waals surface area (Å²) in [5.74, 6) is 0.0531. The number of hydrogen-bond acceptors (Lipinski definition) is 7. The van der Waals surface area contributed by atoms with Gasteiger partial charge in [0.1, 0.15) is 11.1 Å². The highest BCUT2D eigenvalue weighted by molar-refractivity contribution is 8.00. The lowest BCUT2D eigenvalue weighted by Gasteiger charge is -2.25. The molecule has 4 rings (SSSR count). The number of aromatic nitrogens is 2. The predicted molar refractivity (Wildman–Crippen MR) is 129 cm³/mol. The third-order valence-electron chi connectivity index (χ3n) is 5.72. The Bertz CT molecular complexity index is 1180. The SMILES string of the molecule is Cc1nc(SCC(=O)Nc2nc3c(s2)CN(Cc2ccccc2)CC3)c(C#N)c(C)c1C. The zero-order chi connectivity index (χ0) is 22.7. The van der Waals surface area contributed by atoms with Gasteiger partial charge in [0.15, 0.2) is 5.13 Å². The number of aryl methyl sites for hydroxylation is 1. The van der Waals surface area contributed by atoms with Crippen molar-refractivity contribution in [3.8, 4) is 6.07 Å². The first kappa shape index (κ1) is 22.5. The van der Waals surface area contributed by atoms with E-state index in [-0.39, 0.29) is 11.7 Å². The highest BCUT2D eigenvalue weighted by Gasteiger charge is 2.22. The van der Waals surface area contributed by atoms with Crippen molar-refractivity contribution in [3.05, 3.63) is 68.9 Å². The molecule has 2 aromatic heterocycles. The predicted octanol–water partition coefficient (Wildman–Crippen LogP) is 4.62. The largest absolute Gasteiger partial charge is 0.301 e. The maximum absolute atomic E-state index is 12.6. The number of thioether (sulfide) groups is 1. The number of hydrogen-bond donors (Lipinski definition) is 1. The standard InChI is InChI=1S/C24H25N5OS2/c1-15-16(2)19(11-25)23(26-17(15)3)31-14-22(30)28-24-27-20-9-10-29(13-21(20)32-24)12-18-7-5-4-6-8-18/h4-8H,9-10,12-14H2,1-3H3,(H,27,28,30). The van der Waals surface area contributed by atoms with Crippen molar-refractivity contribution in [1.82, 2.24) is 14.9 Å². The number of rotatable bonds is 6. The summed E-state index contributed by atoms with van der Waals surface area (Å²) >= 11 is 2.85. The normalized spacial score (nSPS) is 13.4. The molecular formula is C24H25N5OS2. The van der Waals surface area contributed by atoms with E-state index in [2.05, 4.69) is 50.5 Å². The van der Waals surface area contributed by atoms with Crippen LogP contribution in [-0.2, 0) is 24.3 Å². The van der Waals surface area contributed by atoms with Crippen molar-refractivity contribution in [2.24, 2.45) is 0 Å². The number of amides is 1. The first-order valence-electron chi connectivity index (χ1n) is 10.5. The average molecular weight is 464 g/mol. The van der Waals surface area contributed by atoms with E-state index in [0.29, 0.717) is 15.7 Å². The second kappa shape index (κ2) is 9.82. The first-order valence-corrected chi connectivity index (χ1v) is 12.3. The molecule has 32 heavy (non-hydrogen) atoms. The number of fused-ring (bicyclic) bond motifs is 1. The van der Waals surface area contributed by atoms with Crippen LogP contribution in [0.5, 0.6) is 0 Å². The molecule has 3 aromatic rings. The van der Waals surface area contributed by atoms with Crippen LogP contribution in [-0.4, -0.2) is 33.1 Å². The van der Waals surface area contributed by atoms with Gasteiger partial charge < -0.3 is 5.32 Å². The van der Waals surface area contributed by atoms with Gasteiger partial charge in [-0.2, -0.15) is 5.26 Å². The zero-order valence-electron chi connectivity index (χ0n) is 18.4. The van der Waals surface area contributed by atoms with E-state index in [0.717, 1.165) is 48.6 Å².